The number of halogens is 1. The number of rotatable bonds is 6. The van der Waals surface area contributed by atoms with Crippen molar-refractivity contribution in [3.63, 3.8) is 0 Å². The first-order valence-corrected chi connectivity index (χ1v) is 6.86. The molecule has 2 rings (SSSR count). The van der Waals surface area contributed by atoms with E-state index < -0.39 is 0 Å². The fourth-order valence-electron chi connectivity index (χ4n) is 2.56. The smallest absolute Gasteiger partial charge is 0.123 e. The summed E-state index contributed by atoms with van der Waals surface area (Å²) < 4.78 is 13.1. The maximum atomic E-state index is 13.1. The first-order chi connectivity index (χ1) is 8.69. The third-order valence-corrected chi connectivity index (χ3v) is 3.72. The van der Waals surface area contributed by atoms with E-state index in [-0.39, 0.29) is 11.9 Å². The predicted octanol–water partition coefficient (Wildman–Crippen LogP) is 2.82. The topological polar surface area (TPSA) is 32.3 Å². The summed E-state index contributed by atoms with van der Waals surface area (Å²) in [4.78, 5) is 0. The van der Waals surface area contributed by atoms with E-state index in [1.807, 2.05) is 6.07 Å². The van der Waals surface area contributed by atoms with Crippen LogP contribution in [0, 0.1) is 5.82 Å². The Labute approximate surface area is 108 Å². The lowest BCUT2D eigenvalue weighted by molar-refractivity contribution is 0.145. The average Bonchev–Trinajstić information content (AvgIpc) is 2.27. The number of hydrogen-bond acceptors (Lipinski definition) is 2. The van der Waals surface area contributed by atoms with Crippen molar-refractivity contribution in [2.75, 3.05) is 6.54 Å². The summed E-state index contributed by atoms with van der Waals surface area (Å²) in [5.41, 5.74) is 1.10. The van der Waals surface area contributed by atoms with Gasteiger partial charge in [0.25, 0.3) is 0 Å². The third kappa shape index (κ3) is 3.53. The monoisotopic (exact) mass is 251 g/mol. The van der Waals surface area contributed by atoms with Crippen molar-refractivity contribution in [2.24, 2.45) is 0 Å². The molecule has 0 bridgehead atoms. The average molecular weight is 251 g/mol. The van der Waals surface area contributed by atoms with Gasteiger partial charge in [0.15, 0.2) is 0 Å². The third-order valence-electron chi connectivity index (χ3n) is 3.72. The lowest BCUT2D eigenvalue weighted by atomic mass is 9.76. The minimum atomic E-state index is -0.233. The molecular weight excluding hydrogens is 229 g/mol. The van der Waals surface area contributed by atoms with Crippen LogP contribution < -0.4 is 5.32 Å². The molecule has 0 aromatic heterocycles. The van der Waals surface area contributed by atoms with Crippen molar-refractivity contribution in [2.45, 2.75) is 50.7 Å². The maximum Gasteiger partial charge on any atom is 0.123 e. The molecule has 1 saturated carbocycles. The molecule has 1 atom stereocenters. The highest BCUT2D eigenvalue weighted by atomic mass is 19.1. The Morgan fingerprint density at radius 3 is 2.89 bits per heavy atom. The molecule has 0 amide bonds. The summed E-state index contributed by atoms with van der Waals surface area (Å²) in [7, 11) is 0. The van der Waals surface area contributed by atoms with Gasteiger partial charge in [0, 0.05) is 12.6 Å². The summed E-state index contributed by atoms with van der Waals surface area (Å²) >= 11 is 0. The molecule has 1 fully saturated rings. The van der Waals surface area contributed by atoms with Crippen LogP contribution in [0.3, 0.4) is 0 Å². The van der Waals surface area contributed by atoms with E-state index in [9.17, 15) is 9.50 Å². The van der Waals surface area contributed by atoms with Crippen LogP contribution in [-0.2, 0) is 0 Å². The van der Waals surface area contributed by atoms with Crippen molar-refractivity contribution in [3.05, 3.63) is 35.6 Å². The van der Waals surface area contributed by atoms with Gasteiger partial charge in [-0.1, -0.05) is 25.5 Å². The second-order valence-corrected chi connectivity index (χ2v) is 5.27. The molecule has 0 spiro atoms. The van der Waals surface area contributed by atoms with Crippen LogP contribution in [0.15, 0.2) is 24.3 Å². The van der Waals surface area contributed by atoms with Crippen LogP contribution in [0.25, 0.3) is 0 Å². The summed E-state index contributed by atoms with van der Waals surface area (Å²) in [6, 6.07) is 7.36. The highest BCUT2D eigenvalue weighted by Gasteiger charge is 2.30. The summed E-state index contributed by atoms with van der Waals surface area (Å²) in [5, 5.41) is 13.0. The molecule has 2 N–H and O–H groups in total. The summed E-state index contributed by atoms with van der Waals surface area (Å²) in [5.74, 6) is 0.323. The van der Waals surface area contributed by atoms with Gasteiger partial charge in [-0.3, -0.25) is 0 Å². The Hall–Kier alpha value is -0.930. The van der Waals surface area contributed by atoms with Gasteiger partial charge in [0.1, 0.15) is 5.82 Å². The van der Waals surface area contributed by atoms with Crippen molar-refractivity contribution >= 4 is 0 Å². The molecule has 1 unspecified atom stereocenters. The van der Waals surface area contributed by atoms with Crippen LogP contribution >= 0.6 is 0 Å². The molecule has 3 heteroatoms. The molecular formula is C15H22FNO. The molecule has 2 nitrogen and oxygen atoms in total. The molecule has 1 aliphatic rings. The van der Waals surface area contributed by atoms with E-state index in [1.54, 1.807) is 12.1 Å². The van der Waals surface area contributed by atoms with Crippen LogP contribution in [0.1, 0.15) is 44.1 Å². The molecule has 1 aromatic carbocycles. The Kier molecular flexibility index (Phi) is 4.72. The van der Waals surface area contributed by atoms with Crippen LogP contribution in [0.5, 0.6) is 0 Å². The van der Waals surface area contributed by atoms with Crippen molar-refractivity contribution in [1.29, 1.82) is 0 Å². The van der Waals surface area contributed by atoms with Crippen molar-refractivity contribution < 1.29 is 9.50 Å². The molecule has 0 heterocycles. The van der Waals surface area contributed by atoms with Gasteiger partial charge in [0.2, 0.25) is 0 Å². The molecule has 18 heavy (non-hydrogen) atoms. The number of benzene rings is 1. The standard InChI is InChI=1S/C15H22FNO/c1-2-4-15(18)10-17-14-8-12(9-14)11-5-3-6-13(16)7-11/h3,5-7,12,14-15,17-18H,2,4,8-10H2,1H3. The predicted molar refractivity (Wildman–Crippen MR) is 71.1 cm³/mol. The first kappa shape index (κ1) is 13.5. The molecule has 1 aliphatic carbocycles. The zero-order valence-corrected chi connectivity index (χ0v) is 10.9. The normalized spacial score (nSPS) is 24.6. The van der Waals surface area contributed by atoms with Gasteiger partial charge >= 0.3 is 0 Å². The van der Waals surface area contributed by atoms with Crippen LogP contribution in [-0.4, -0.2) is 23.8 Å². The van der Waals surface area contributed by atoms with E-state index in [0.717, 1.165) is 31.2 Å². The van der Waals surface area contributed by atoms with Gasteiger partial charge in [-0.05, 0) is 42.9 Å². The molecule has 1 aromatic rings. The van der Waals surface area contributed by atoms with E-state index in [2.05, 4.69) is 12.2 Å². The zero-order valence-electron chi connectivity index (χ0n) is 10.9. The molecule has 0 radical (unpaired) electrons. The minimum absolute atomic E-state index is 0.151. The van der Waals surface area contributed by atoms with Gasteiger partial charge in [-0.2, -0.15) is 0 Å². The highest BCUT2D eigenvalue weighted by Crippen LogP contribution is 2.36. The first-order valence-electron chi connectivity index (χ1n) is 6.86. The summed E-state index contributed by atoms with van der Waals surface area (Å²) in [6.07, 6.45) is 3.72. The number of aliphatic hydroxyl groups excluding tert-OH is 1. The van der Waals surface area contributed by atoms with Crippen LogP contribution in [0.4, 0.5) is 4.39 Å². The number of nitrogens with one attached hydrogen (secondary N) is 1. The van der Waals surface area contributed by atoms with E-state index >= 15 is 0 Å². The minimum Gasteiger partial charge on any atom is -0.392 e. The fourth-order valence-corrected chi connectivity index (χ4v) is 2.56. The van der Waals surface area contributed by atoms with E-state index in [1.165, 1.54) is 6.07 Å². The van der Waals surface area contributed by atoms with E-state index in [4.69, 9.17) is 0 Å². The Morgan fingerprint density at radius 2 is 2.22 bits per heavy atom. The fraction of sp³-hybridized carbons (Fsp3) is 0.600. The van der Waals surface area contributed by atoms with Gasteiger partial charge in [-0.15, -0.1) is 0 Å². The van der Waals surface area contributed by atoms with Crippen molar-refractivity contribution in [1.82, 2.24) is 5.32 Å². The Bertz CT molecular complexity index is 377. The van der Waals surface area contributed by atoms with Gasteiger partial charge in [-0.25, -0.2) is 4.39 Å². The molecule has 100 valence electrons. The van der Waals surface area contributed by atoms with Gasteiger partial charge < -0.3 is 10.4 Å². The number of aliphatic hydroxyl groups is 1. The second kappa shape index (κ2) is 6.30. The maximum absolute atomic E-state index is 13.1. The Morgan fingerprint density at radius 1 is 1.44 bits per heavy atom. The summed E-state index contributed by atoms with van der Waals surface area (Å²) in [6.45, 7) is 2.75. The Balaban J connectivity index is 1.71. The largest absolute Gasteiger partial charge is 0.392 e. The zero-order chi connectivity index (χ0) is 13.0. The number of hydrogen-bond donors (Lipinski definition) is 2. The molecule has 0 saturated heterocycles. The lowest BCUT2D eigenvalue weighted by Gasteiger charge is -2.37. The lowest BCUT2D eigenvalue weighted by Crippen LogP contribution is -2.43. The van der Waals surface area contributed by atoms with E-state index in [0.29, 0.717) is 18.5 Å². The second-order valence-electron chi connectivity index (χ2n) is 5.27. The highest BCUT2D eigenvalue weighted by molar-refractivity contribution is 5.23. The quantitative estimate of drug-likeness (QED) is 0.815. The van der Waals surface area contributed by atoms with Gasteiger partial charge in [0.05, 0.1) is 6.10 Å². The molecule has 0 aliphatic heterocycles. The van der Waals surface area contributed by atoms with Crippen molar-refractivity contribution in [3.8, 4) is 0 Å². The van der Waals surface area contributed by atoms with Crippen LogP contribution in [0.2, 0.25) is 0 Å². The SMILES string of the molecule is CCCC(O)CNC1CC(c2cccc(F)c2)C1.